The largest absolute Gasteiger partial charge is 0.379 e. The number of benzene rings is 1. The molecule has 0 saturated carbocycles. The van der Waals surface area contributed by atoms with Gasteiger partial charge in [0.2, 0.25) is 0 Å². The molecule has 2 heteroatoms. The molecule has 1 fully saturated rings. The van der Waals surface area contributed by atoms with Crippen molar-refractivity contribution in [2.24, 2.45) is 0 Å². The normalized spacial score (nSPS) is 17.6. The van der Waals surface area contributed by atoms with Crippen LogP contribution < -0.4 is 0 Å². The molecule has 1 aromatic carbocycles. The highest BCUT2D eigenvalue weighted by atomic mass is 16.5. The molecule has 1 aliphatic heterocycles. The zero-order valence-corrected chi connectivity index (χ0v) is 10.1. The maximum absolute atomic E-state index is 5.35. The Morgan fingerprint density at radius 1 is 1.12 bits per heavy atom. The second-order valence-electron chi connectivity index (χ2n) is 4.33. The Kier molecular flexibility index (Phi) is 4.37. The van der Waals surface area contributed by atoms with Crippen LogP contribution in [0, 0.1) is 0 Å². The summed E-state index contributed by atoms with van der Waals surface area (Å²) in [5.41, 5.74) is 3.01. The average molecular weight is 219 g/mol. The van der Waals surface area contributed by atoms with Crippen molar-refractivity contribution in [3.8, 4) is 0 Å². The summed E-state index contributed by atoms with van der Waals surface area (Å²) in [5.74, 6) is 0. The molecule has 1 saturated heterocycles. The zero-order valence-electron chi connectivity index (χ0n) is 10.1. The molecule has 0 radical (unpaired) electrons. The summed E-state index contributed by atoms with van der Waals surface area (Å²) < 4.78 is 5.35. The SMILES string of the molecule is CCc1ccccc1CCN1CCOCC1. The minimum Gasteiger partial charge on any atom is -0.379 e. The molecule has 0 unspecified atom stereocenters. The molecule has 16 heavy (non-hydrogen) atoms. The van der Waals surface area contributed by atoms with E-state index in [1.54, 1.807) is 0 Å². The summed E-state index contributed by atoms with van der Waals surface area (Å²) in [6.07, 6.45) is 2.31. The van der Waals surface area contributed by atoms with Crippen LogP contribution in [0.25, 0.3) is 0 Å². The first-order valence-corrected chi connectivity index (χ1v) is 6.27. The predicted octanol–water partition coefficient (Wildman–Crippen LogP) is 2.12. The minimum absolute atomic E-state index is 0.898. The van der Waals surface area contributed by atoms with Gasteiger partial charge in [0.05, 0.1) is 13.2 Å². The monoisotopic (exact) mass is 219 g/mol. The van der Waals surface area contributed by atoms with E-state index in [1.165, 1.54) is 24.1 Å². The third-order valence-corrected chi connectivity index (χ3v) is 3.30. The Morgan fingerprint density at radius 2 is 1.81 bits per heavy atom. The fourth-order valence-electron chi connectivity index (χ4n) is 2.25. The van der Waals surface area contributed by atoms with Gasteiger partial charge < -0.3 is 4.74 Å². The second kappa shape index (κ2) is 6.02. The fourth-order valence-corrected chi connectivity index (χ4v) is 2.25. The summed E-state index contributed by atoms with van der Waals surface area (Å²) in [5, 5.41) is 0. The van der Waals surface area contributed by atoms with Crippen molar-refractivity contribution >= 4 is 0 Å². The van der Waals surface area contributed by atoms with Crippen molar-refractivity contribution in [1.29, 1.82) is 0 Å². The van der Waals surface area contributed by atoms with Crippen LogP contribution in [0.5, 0.6) is 0 Å². The quantitative estimate of drug-likeness (QED) is 0.769. The number of ether oxygens (including phenoxy) is 1. The maximum Gasteiger partial charge on any atom is 0.0594 e. The second-order valence-corrected chi connectivity index (χ2v) is 4.33. The number of aryl methyl sites for hydroxylation is 1. The molecule has 0 aliphatic carbocycles. The summed E-state index contributed by atoms with van der Waals surface area (Å²) >= 11 is 0. The molecule has 1 aromatic rings. The molecule has 0 atom stereocenters. The van der Waals surface area contributed by atoms with Gasteiger partial charge in [0.25, 0.3) is 0 Å². The van der Waals surface area contributed by atoms with E-state index in [4.69, 9.17) is 4.74 Å². The van der Waals surface area contributed by atoms with Crippen LogP contribution in [-0.4, -0.2) is 37.7 Å². The molecule has 2 nitrogen and oxygen atoms in total. The number of nitrogens with zero attached hydrogens (tertiary/aromatic N) is 1. The van der Waals surface area contributed by atoms with Gasteiger partial charge in [0, 0.05) is 19.6 Å². The van der Waals surface area contributed by atoms with Gasteiger partial charge >= 0.3 is 0 Å². The van der Waals surface area contributed by atoms with Crippen molar-refractivity contribution in [2.75, 3.05) is 32.8 Å². The molecule has 1 heterocycles. The van der Waals surface area contributed by atoms with Crippen LogP contribution in [0.2, 0.25) is 0 Å². The van der Waals surface area contributed by atoms with E-state index in [9.17, 15) is 0 Å². The lowest BCUT2D eigenvalue weighted by Gasteiger charge is -2.26. The highest BCUT2D eigenvalue weighted by molar-refractivity contribution is 5.27. The Labute approximate surface area is 98.2 Å². The smallest absolute Gasteiger partial charge is 0.0594 e. The Balaban J connectivity index is 1.88. The Hall–Kier alpha value is -0.860. The first-order chi connectivity index (χ1) is 7.90. The number of hydrogen-bond acceptors (Lipinski definition) is 2. The van der Waals surface area contributed by atoms with E-state index < -0.39 is 0 Å². The lowest BCUT2D eigenvalue weighted by Crippen LogP contribution is -2.37. The van der Waals surface area contributed by atoms with Gasteiger partial charge in [-0.1, -0.05) is 31.2 Å². The highest BCUT2D eigenvalue weighted by Crippen LogP contribution is 2.11. The molecular formula is C14H21NO. The zero-order chi connectivity index (χ0) is 11.2. The first-order valence-electron chi connectivity index (χ1n) is 6.27. The minimum atomic E-state index is 0.898. The van der Waals surface area contributed by atoms with Crippen LogP contribution in [0.4, 0.5) is 0 Å². The number of rotatable bonds is 4. The van der Waals surface area contributed by atoms with Crippen molar-refractivity contribution in [1.82, 2.24) is 4.90 Å². The molecule has 88 valence electrons. The van der Waals surface area contributed by atoms with E-state index in [2.05, 4.69) is 36.1 Å². The standard InChI is InChI=1S/C14H21NO/c1-2-13-5-3-4-6-14(13)7-8-15-9-11-16-12-10-15/h3-6H,2,7-12H2,1H3. The van der Waals surface area contributed by atoms with Crippen molar-refractivity contribution < 1.29 is 4.74 Å². The van der Waals surface area contributed by atoms with Gasteiger partial charge in [0.1, 0.15) is 0 Å². The van der Waals surface area contributed by atoms with Crippen LogP contribution in [-0.2, 0) is 17.6 Å². The molecule has 0 spiro atoms. The lowest BCUT2D eigenvalue weighted by atomic mass is 10.0. The summed E-state index contributed by atoms with van der Waals surface area (Å²) in [4.78, 5) is 2.50. The van der Waals surface area contributed by atoms with E-state index in [0.29, 0.717) is 0 Å². The Morgan fingerprint density at radius 3 is 2.50 bits per heavy atom. The van der Waals surface area contributed by atoms with Crippen molar-refractivity contribution in [3.05, 3.63) is 35.4 Å². The topological polar surface area (TPSA) is 12.5 Å². The van der Waals surface area contributed by atoms with Crippen LogP contribution in [0.3, 0.4) is 0 Å². The fraction of sp³-hybridized carbons (Fsp3) is 0.571. The summed E-state index contributed by atoms with van der Waals surface area (Å²) in [7, 11) is 0. The van der Waals surface area contributed by atoms with Crippen molar-refractivity contribution in [2.45, 2.75) is 19.8 Å². The third-order valence-electron chi connectivity index (χ3n) is 3.30. The van der Waals surface area contributed by atoms with Gasteiger partial charge in [0.15, 0.2) is 0 Å². The predicted molar refractivity (Wildman–Crippen MR) is 66.8 cm³/mol. The van der Waals surface area contributed by atoms with Crippen LogP contribution >= 0.6 is 0 Å². The van der Waals surface area contributed by atoms with Crippen LogP contribution in [0.15, 0.2) is 24.3 Å². The summed E-state index contributed by atoms with van der Waals surface area (Å²) in [6, 6.07) is 8.79. The van der Waals surface area contributed by atoms with E-state index in [-0.39, 0.29) is 0 Å². The van der Waals surface area contributed by atoms with Gasteiger partial charge in [-0.25, -0.2) is 0 Å². The average Bonchev–Trinajstić information content (AvgIpc) is 2.38. The van der Waals surface area contributed by atoms with Gasteiger partial charge in [-0.15, -0.1) is 0 Å². The molecule has 0 aromatic heterocycles. The highest BCUT2D eigenvalue weighted by Gasteiger charge is 2.10. The number of hydrogen-bond donors (Lipinski definition) is 0. The molecule has 2 rings (SSSR count). The molecule has 0 N–H and O–H groups in total. The van der Waals surface area contributed by atoms with E-state index >= 15 is 0 Å². The van der Waals surface area contributed by atoms with Gasteiger partial charge in [-0.3, -0.25) is 4.90 Å². The van der Waals surface area contributed by atoms with Gasteiger partial charge in [-0.05, 0) is 24.0 Å². The van der Waals surface area contributed by atoms with Crippen molar-refractivity contribution in [3.63, 3.8) is 0 Å². The van der Waals surface area contributed by atoms with E-state index in [0.717, 1.165) is 32.7 Å². The molecular weight excluding hydrogens is 198 g/mol. The number of morpholine rings is 1. The van der Waals surface area contributed by atoms with Gasteiger partial charge in [-0.2, -0.15) is 0 Å². The maximum atomic E-state index is 5.35. The molecule has 1 aliphatic rings. The third kappa shape index (κ3) is 3.06. The van der Waals surface area contributed by atoms with Crippen LogP contribution in [0.1, 0.15) is 18.1 Å². The first kappa shape index (κ1) is 11.6. The summed E-state index contributed by atoms with van der Waals surface area (Å²) in [6.45, 7) is 7.38. The molecule has 0 amide bonds. The lowest BCUT2D eigenvalue weighted by molar-refractivity contribution is 0.0384. The van der Waals surface area contributed by atoms with E-state index in [1.807, 2.05) is 0 Å². The molecule has 0 bridgehead atoms. The Bertz CT molecular complexity index is 318.